The zero-order chi connectivity index (χ0) is 15.5. The van der Waals surface area contributed by atoms with Crippen molar-refractivity contribution in [2.24, 2.45) is 0 Å². The second kappa shape index (κ2) is 6.58. The van der Waals surface area contributed by atoms with Crippen molar-refractivity contribution in [2.45, 2.75) is 24.9 Å². The summed E-state index contributed by atoms with van der Waals surface area (Å²) >= 11 is 3.26. The van der Waals surface area contributed by atoms with Gasteiger partial charge in [-0.05, 0) is 38.1 Å². The van der Waals surface area contributed by atoms with Gasteiger partial charge in [-0.2, -0.15) is 4.98 Å². The first-order valence-corrected chi connectivity index (χ1v) is 8.67. The van der Waals surface area contributed by atoms with E-state index in [9.17, 15) is 4.39 Å². The van der Waals surface area contributed by atoms with Crippen LogP contribution in [0, 0.1) is 12.7 Å². The Balaban J connectivity index is 1.63. The van der Waals surface area contributed by atoms with Crippen LogP contribution in [0.5, 0.6) is 0 Å². The molecule has 0 aliphatic carbocycles. The van der Waals surface area contributed by atoms with E-state index in [1.165, 1.54) is 12.1 Å². The van der Waals surface area contributed by atoms with Crippen molar-refractivity contribution >= 4 is 23.1 Å². The summed E-state index contributed by atoms with van der Waals surface area (Å²) in [6.45, 7) is 3.84. The highest BCUT2D eigenvalue weighted by atomic mass is 32.2. The zero-order valence-corrected chi connectivity index (χ0v) is 13.7. The van der Waals surface area contributed by atoms with Gasteiger partial charge in [0.05, 0.1) is 10.9 Å². The van der Waals surface area contributed by atoms with Crippen LogP contribution in [0.1, 0.15) is 29.6 Å². The summed E-state index contributed by atoms with van der Waals surface area (Å²) in [6.07, 6.45) is 0. The van der Waals surface area contributed by atoms with Crippen molar-refractivity contribution in [3.63, 3.8) is 0 Å². The largest absolute Gasteiger partial charge is 0.338 e. The van der Waals surface area contributed by atoms with Gasteiger partial charge in [-0.25, -0.2) is 9.37 Å². The lowest BCUT2D eigenvalue weighted by Crippen LogP contribution is -1.91. The van der Waals surface area contributed by atoms with Crippen LogP contribution >= 0.6 is 23.1 Å². The minimum atomic E-state index is -0.236. The third kappa shape index (κ3) is 3.53. The van der Waals surface area contributed by atoms with Gasteiger partial charge in [0.15, 0.2) is 5.82 Å². The quantitative estimate of drug-likeness (QED) is 0.680. The highest BCUT2D eigenvalue weighted by Gasteiger charge is 2.14. The van der Waals surface area contributed by atoms with Gasteiger partial charge in [0, 0.05) is 16.7 Å². The normalized spacial score (nSPS) is 12.5. The Bertz CT molecular complexity index is 754. The highest BCUT2D eigenvalue weighted by molar-refractivity contribution is 7.98. The van der Waals surface area contributed by atoms with E-state index in [2.05, 4.69) is 15.1 Å². The van der Waals surface area contributed by atoms with Gasteiger partial charge >= 0.3 is 0 Å². The summed E-state index contributed by atoms with van der Waals surface area (Å²) < 4.78 is 18.1. The Morgan fingerprint density at radius 1 is 1.27 bits per heavy atom. The summed E-state index contributed by atoms with van der Waals surface area (Å²) in [5.41, 5.74) is 1.93. The molecule has 22 heavy (non-hydrogen) atoms. The van der Waals surface area contributed by atoms with Crippen LogP contribution < -0.4 is 0 Å². The van der Waals surface area contributed by atoms with Crippen molar-refractivity contribution in [3.05, 3.63) is 52.9 Å². The number of halogens is 1. The molecule has 0 fully saturated rings. The van der Waals surface area contributed by atoms with Crippen molar-refractivity contribution in [1.82, 2.24) is 15.1 Å². The lowest BCUT2D eigenvalue weighted by Gasteiger charge is -2.04. The summed E-state index contributed by atoms with van der Waals surface area (Å²) in [4.78, 5) is 8.82. The van der Waals surface area contributed by atoms with E-state index in [4.69, 9.17) is 4.52 Å². The average Bonchev–Trinajstić information content (AvgIpc) is 3.15. The second-order valence-electron chi connectivity index (χ2n) is 4.78. The zero-order valence-electron chi connectivity index (χ0n) is 12.1. The Morgan fingerprint density at radius 3 is 2.73 bits per heavy atom. The second-order valence-corrected chi connectivity index (χ2v) is 6.97. The van der Waals surface area contributed by atoms with E-state index in [0.29, 0.717) is 11.7 Å². The molecule has 0 amide bonds. The fourth-order valence-electron chi connectivity index (χ4n) is 1.86. The molecule has 0 radical (unpaired) electrons. The first-order chi connectivity index (χ1) is 10.6. The molecule has 3 rings (SSSR count). The van der Waals surface area contributed by atoms with Gasteiger partial charge in [0.25, 0.3) is 0 Å². The standard InChI is InChI=1S/C15H14FN3OS2/c1-9(14-17-10(2)19-20-14)21-7-13-8-22-15(18-13)11-3-5-12(16)6-4-11/h3-6,8-9H,7H2,1-2H3/t9-/m0/s1. The molecule has 7 heteroatoms. The number of thioether (sulfide) groups is 1. The van der Waals surface area contributed by atoms with Gasteiger partial charge in [-0.15, -0.1) is 23.1 Å². The Morgan fingerprint density at radius 2 is 2.05 bits per heavy atom. The molecule has 2 aromatic heterocycles. The van der Waals surface area contributed by atoms with Crippen LogP contribution in [-0.4, -0.2) is 15.1 Å². The van der Waals surface area contributed by atoms with Crippen LogP contribution in [0.25, 0.3) is 10.6 Å². The van der Waals surface area contributed by atoms with Crippen molar-refractivity contribution in [3.8, 4) is 10.6 Å². The molecule has 1 atom stereocenters. The lowest BCUT2D eigenvalue weighted by molar-refractivity contribution is 0.376. The van der Waals surface area contributed by atoms with Gasteiger partial charge in [-0.3, -0.25) is 0 Å². The van der Waals surface area contributed by atoms with Gasteiger partial charge in [0.2, 0.25) is 5.89 Å². The molecule has 3 aromatic rings. The molecule has 0 N–H and O–H groups in total. The summed E-state index contributed by atoms with van der Waals surface area (Å²) in [6, 6.07) is 6.39. The van der Waals surface area contributed by atoms with E-state index in [-0.39, 0.29) is 11.1 Å². The van der Waals surface area contributed by atoms with E-state index in [0.717, 1.165) is 22.0 Å². The number of nitrogens with zero attached hydrogens (tertiary/aromatic N) is 3. The van der Waals surface area contributed by atoms with Crippen molar-refractivity contribution in [1.29, 1.82) is 0 Å². The van der Waals surface area contributed by atoms with Gasteiger partial charge in [0.1, 0.15) is 10.8 Å². The number of thiazole rings is 1. The molecule has 0 saturated heterocycles. The van der Waals surface area contributed by atoms with Crippen LogP contribution in [-0.2, 0) is 5.75 Å². The fraction of sp³-hybridized carbons (Fsp3) is 0.267. The Hall–Kier alpha value is -1.73. The molecular weight excluding hydrogens is 321 g/mol. The molecule has 0 aliphatic rings. The molecule has 0 aliphatic heterocycles. The van der Waals surface area contributed by atoms with Gasteiger partial charge in [-0.1, -0.05) is 5.16 Å². The maximum absolute atomic E-state index is 12.9. The average molecular weight is 335 g/mol. The molecule has 0 bridgehead atoms. The summed E-state index contributed by atoms with van der Waals surface area (Å²) in [5, 5.41) is 6.85. The number of benzene rings is 1. The topological polar surface area (TPSA) is 51.8 Å². The maximum atomic E-state index is 12.9. The number of aryl methyl sites for hydroxylation is 1. The Kier molecular flexibility index (Phi) is 4.54. The maximum Gasteiger partial charge on any atom is 0.239 e. The summed E-state index contributed by atoms with van der Waals surface area (Å²) in [5.74, 6) is 1.81. The van der Waals surface area contributed by atoms with Gasteiger partial charge < -0.3 is 4.52 Å². The van der Waals surface area contributed by atoms with E-state index in [1.54, 1.807) is 42.2 Å². The number of hydrogen-bond acceptors (Lipinski definition) is 6. The highest BCUT2D eigenvalue weighted by Crippen LogP contribution is 2.31. The molecule has 0 unspecified atom stereocenters. The predicted octanol–water partition coefficient (Wildman–Crippen LogP) is 4.64. The minimum absolute atomic E-state index is 0.122. The molecule has 0 saturated carbocycles. The van der Waals surface area contributed by atoms with Crippen LogP contribution in [0.4, 0.5) is 4.39 Å². The third-order valence-corrected chi connectivity index (χ3v) is 5.12. The molecule has 114 valence electrons. The molecule has 0 spiro atoms. The number of aromatic nitrogens is 3. The van der Waals surface area contributed by atoms with Crippen molar-refractivity contribution < 1.29 is 8.91 Å². The minimum Gasteiger partial charge on any atom is -0.338 e. The molecular formula is C15H14FN3OS2. The van der Waals surface area contributed by atoms with E-state index >= 15 is 0 Å². The Labute approximate surface area is 135 Å². The van der Waals surface area contributed by atoms with Crippen molar-refractivity contribution in [2.75, 3.05) is 0 Å². The smallest absolute Gasteiger partial charge is 0.239 e. The number of hydrogen-bond donors (Lipinski definition) is 0. The van der Waals surface area contributed by atoms with Crippen LogP contribution in [0.3, 0.4) is 0 Å². The van der Waals surface area contributed by atoms with E-state index < -0.39 is 0 Å². The van der Waals surface area contributed by atoms with Crippen LogP contribution in [0.2, 0.25) is 0 Å². The first kappa shape index (κ1) is 15.2. The SMILES string of the molecule is Cc1noc([C@H](C)SCc2csc(-c3ccc(F)cc3)n2)n1. The third-order valence-electron chi connectivity index (χ3n) is 3.02. The predicted molar refractivity (Wildman–Crippen MR) is 86.3 cm³/mol. The fourth-order valence-corrected chi connectivity index (χ4v) is 3.60. The molecule has 2 heterocycles. The lowest BCUT2D eigenvalue weighted by atomic mass is 10.2. The number of rotatable bonds is 5. The summed E-state index contributed by atoms with van der Waals surface area (Å²) in [7, 11) is 0. The molecule has 1 aromatic carbocycles. The van der Waals surface area contributed by atoms with E-state index in [1.807, 2.05) is 12.3 Å². The monoisotopic (exact) mass is 335 g/mol. The molecule has 4 nitrogen and oxygen atoms in total. The first-order valence-electron chi connectivity index (χ1n) is 6.74. The van der Waals surface area contributed by atoms with Crippen LogP contribution in [0.15, 0.2) is 34.2 Å².